The summed E-state index contributed by atoms with van der Waals surface area (Å²) in [6, 6.07) is 6.54. The Labute approximate surface area is 103 Å². The van der Waals surface area contributed by atoms with Gasteiger partial charge in [-0.25, -0.2) is 0 Å². The van der Waals surface area contributed by atoms with Gasteiger partial charge in [0.15, 0.2) is 0 Å². The van der Waals surface area contributed by atoms with E-state index in [1.807, 2.05) is 18.3 Å². The number of hydrogen-bond acceptors (Lipinski definition) is 2. The zero-order valence-corrected chi connectivity index (χ0v) is 10.3. The Morgan fingerprint density at radius 3 is 2.73 bits per heavy atom. The summed E-state index contributed by atoms with van der Waals surface area (Å²) in [6.07, 6.45) is 5.19. The summed E-state index contributed by atoms with van der Waals surface area (Å²) in [5.41, 5.74) is 2.49. The van der Waals surface area contributed by atoms with Gasteiger partial charge in [-0.1, -0.05) is 12.1 Å². The van der Waals surface area contributed by atoms with Crippen molar-refractivity contribution in [1.29, 1.82) is 0 Å². The molecule has 1 aromatic heterocycles. The second kappa shape index (κ2) is 6.83. The lowest BCUT2D eigenvalue weighted by atomic mass is 10.0. The van der Waals surface area contributed by atoms with Gasteiger partial charge >= 0.3 is 0 Å². The summed E-state index contributed by atoms with van der Waals surface area (Å²) in [5, 5.41) is 3.38. The molecule has 0 spiro atoms. The number of pyridine rings is 1. The van der Waals surface area contributed by atoms with Gasteiger partial charge in [0.25, 0.3) is 0 Å². The monoisotopic (exact) mass is 246 g/mol. The van der Waals surface area contributed by atoms with Crippen LogP contribution in [0, 0.1) is 0 Å². The van der Waals surface area contributed by atoms with E-state index in [0.29, 0.717) is 6.04 Å². The van der Waals surface area contributed by atoms with Crippen molar-refractivity contribution < 1.29 is 0 Å². The minimum atomic E-state index is 0. The van der Waals surface area contributed by atoms with Crippen LogP contribution in [0.1, 0.15) is 19.0 Å². The third-order valence-electron chi connectivity index (χ3n) is 2.31. The fourth-order valence-corrected chi connectivity index (χ4v) is 1.64. The Balaban J connectivity index is 0.000000980. The Hall–Kier alpha value is -0.570. The molecule has 0 aliphatic carbocycles. The first-order chi connectivity index (χ1) is 6.36. The molecule has 0 bridgehead atoms. The molecule has 1 aromatic rings. The van der Waals surface area contributed by atoms with Gasteiger partial charge in [-0.15, -0.1) is 24.8 Å². The molecule has 4 heteroatoms. The molecule has 1 N–H and O–H groups in total. The van der Waals surface area contributed by atoms with Crippen molar-refractivity contribution in [3.05, 3.63) is 36.2 Å². The van der Waals surface area contributed by atoms with E-state index in [4.69, 9.17) is 0 Å². The van der Waals surface area contributed by atoms with Crippen LogP contribution >= 0.6 is 24.8 Å². The maximum atomic E-state index is 4.34. The average Bonchev–Trinajstić information content (AvgIpc) is 2.19. The lowest BCUT2D eigenvalue weighted by Crippen LogP contribution is -2.29. The molecule has 0 radical (unpaired) electrons. The Morgan fingerprint density at radius 2 is 2.13 bits per heavy atom. The molecular formula is C11H16Cl2N2. The van der Waals surface area contributed by atoms with Crippen molar-refractivity contribution in [2.24, 2.45) is 0 Å². The Kier molecular flexibility index (Phi) is 6.57. The molecule has 0 aromatic carbocycles. The number of hydrogen-bond donors (Lipinski definition) is 1. The van der Waals surface area contributed by atoms with Crippen LogP contribution < -0.4 is 5.32 Å². The lowest BCUT2D eigenvalue weighted by Gasteiger charge is -2.18. The molecule has 1 atom stereocenters. The largest absolute Gasteiger partial charge is 0.310 e. The van der Waals surface area contributed by atoms with Crippen molar-refractivity contribution in [3.8, 4) is 0 Å². The van der Waals surface area contributed by atoms with Crippen molar-refractivity contribution in [2.45, 2.75) is 19.4 Å². The number of nitrogens with one attached hydrogen (secondary N) is 1. The molecule has 1 unspecified atom stereocenters. The van der Waals surface area contributed by atoms with Crippen LogP contribution in [-0.2, 0) is 0 Å². The van der Waals surface area contributed by atoms with Gasteiger partial charge in [0.1, 0.15) is 0 Å². The SMILES string of the molecule is CC1C=C(c2ccccn2)CCN1.Cl.Cl. The van der Waals surface area contributed by atoms with E-state index in [1.54, 1.807) is 0 Å². The number of rotatable bonds is 1. The van der Waals surface area contributed by atoms with E-state index < -0.39 is 0 Å². The van der Waals surface area contributed by atoms with Crippen LogP contribution in [-0.4, -0.2) is 17.6 Å². The van der Waals surface area contributed by atoms with Crippen LogP contribution in [0.25, 0.3) is 5.57 Å². The molecule has 2 rings (SSSR count). The van der Waals surface area contributed by atoms with Gasteiger partial charge in [0.05, 0.1) is 5.69 Å². The molecular weight excluding hydrogens is 231 g/mol. The predicted molar refractivity (Wildman–Crippen MR) is 68.8 cm³/mol. The molecule has 0 saturated heterocycles. The van der Waals surface area contributed by atoms with Gasteiger partial charge in [-0.05, 0) is 37.6 Å². The topological polar surface area (TPSA) is 24.9 Å². The fourth-order valence-electron chi connectivity index (χ4n) is 1.64. The summed E-state index contributed by atoms with van der Waals surface area (Å²) in [4.78, 5) is 4.34. The average molecular weight is 247 g/mol. The van der Waals surface area contributed by atoms with E-state index in [2.05, 4.69) is 29.4 Å². The summed E-state index contributed by atoms with van der Waals surface area (Å²) in [6.45, 7) is 3.23. The lowest BCUT2D eigenvalue weighted by molar-refractivity contribution is 0.620. The highest BCUT2D eigenvalue weighted by atomic mass is 35.5. The first kappa shape index (κ1) is 14.4. The number of aromatic nitrogens is 1. The minimum absolute atomic E-state index is 0. The highest BCUT2D eigenvalue weighted by Gasteiger charge is 2.10. The van der Waals surface area contributed by atoms with Gasteiger partial charge in [0, 0.05) is 12.2 Å². The van der Waals surface area contributed by atoms with Crippen LogP contribution in [0.3, 0.4) is 0 Å². The normalized spacial score (nSPS) is 19.5. The van der Waals surface area contributed by atoms with E-state index in [0.717, 1.165) is 18.7 Å². The van der Waals surface area contributed by atoms with Crippen molar-refractivity contribution in [3.63, 3.8) is 0 Å². The molecule has 84 valence electrons. The number of halogens is 2. The van der Waals surface area contributed by atoms with E-state index in [1.165, 1.54) is 5.57 Å². The third-order valence-corrected chi connectivity index (χ3v) is 2.31. The summed E-state index contributed by atoms with van der Waals surface area (Å²) in [7, 11) is 0. The number of nitrogens with zero attached hydrogens (tertiary/aromatic N) is 1. The predicted octanol–water partition coefficient (Wildman–Crippen LogP) is 2.69. The standard InChI is InChI=1S/C11H14N2.2ClH/c1-9-8-10(5-7-12-9)11-4-2-3-6-13-11;;/h2-4,6,8-9,12H,5,7H2,1H3;2*1H. The summed E-state index contributed by atoms with van der Waals surface area (Å²) >= 11 is 0. The molecule has 1 aliphatic rings. The summed E-state index contributed by atoms with van der Waals surface area (Å²) in [5.74, 6) is 0. The molecule has 15 heavy (non-hydrogen) atoms. The smallest absolute Gasteiger partial charge is 0.0659 e. The quantitative estimate of drug-likeness (QED) is 0.825. The maximum Gasteiger partial charge on any atom is 0.0659 e. The van der Waals surface area contributed by atoms with Crippen LogP contribution in [0.5, 0.6) is 0 Å². The fraction of sp³-hybridized carbons (Fsp3) is 0.364. The van der Waals surface area contributed by atoms with Crippen LogP contribution in [0.15, 0.2) is 30.5 Å². The molecule has 0 saturated carbocycles. The van der Waals surface area contributed by atoms with Gasteiger partial charge in [0.2, 0.25) is 0 Å². The summed E-state index contributed by atoms with van der Waals surface area (Å²) < 4.78 is 0. The first-order valence-corrected chi connectivity index (χ1v) is 4.72. The van der Waals surface area contributed by atoms with Crippen molar-refractivity contribution >= 4 is 30.4 Å². The highest BCUT2D eigenvalue weighted by Crippen LogP contribution is 2.18. The van der Waals surface area contributed by atoms with Gasteiger partial charge < -0.3 is 5.32 Å². The zero-order valence-electron chi connectivity index (χ0n) is 8.64. The van der Waals surface area contributed by atoms with Crippen molar-refractivity contribution in [2.75, 3.05) is 6.54 Å². The van der Waals surface area contributed by atoms with E-state index in [9.17, 15) is 0 Å². The van der Waals surface area contributed by atoms with Gasteiger partial charge in [-0.2, -0.15) is 0 Å². The molecule has 1 aliphatic heterocycles. The molecule has 0 amide bonds. The first-order valence-electron chi connectivity index (χ1n) is 4.72. The van der Waals surface area contributed by atoms with Crippen LogP contribution in [0.4, 0.5) is 0 Å². The maximum absolute atomic E-state index is 4.34. The van der Waals surface area contributed by atoms with E-state index in [-0.39, 0.29) is 24.8 Å². The Bertz CT molecular complexity index is 312. The van der Waals surface area contributed by atoms with Crippen molar-refractivity contribution in [1.82, 2.24) is 10.3 Å². The van der Waals surface area contributed by atoms with E-state index >= 15 is 0 Å². The Morgan fingerprint density at radius 1 is 1.33 bits per heavy atom. The zero-order chi connectivity index (χ0) is 9.10. The van der Waals surface area contributed by atoms with Gasteiger partial charge in [-0.3, -0.25) is 4.98 Å². The second-order valence-electron chi connectivity index (χ2n) is 3.40. The molecule has 0 fully saturated rings. The second-order valence-corrected chi connectivity index (χ2v) is 3.40. The van der Waals surface area contributed by atoms with Crippen LogP contribution in [0.2, 0.25) is 0 Å². The highest BCUT2D eigenvalue weighted by molar-refractivity contribution is 5.85. The minimum Gasteiger partial charge on any atom is -0.310 e. The molecule has 2 nitrogen and oxygen atoms in total. The third kappa shape index (κ3) is 3.82. The molecule has 2 heterocycles.